The summed E-state index contributed by atoms with van der Waals surface area (Å²) in [4.78, 5) is 1.95. The molecule has 0 radical (unpaired) electrons. The maximum atomic E-state index is 10.5. The lowest BCUT2D eigenvalue weighted by Gasteiger charge is -2.30. The van der Waals surface area contributed by atoms with Crippen molar-refractivity contribution in [1.82, 2.24) is 4.90 Å². The zero-order valence-corrected chi connectivity index (χ0v) is 15.1. The Balaban J connectivity index is 1.86. The van der Waals surface area contributed by atoms with Gasteiger partial charge in [0.25, 0.3) is 0 Å². The van der Waals surface area contributed by atoms with E-state index in [4.69, 9.17) is 23.2 Å². The zero-order valence-electron chi connectivity index (χ0n) is 13.6. The maximum Gasteiger partial charge on any atom is 0.0991 e. The highest BCUT2D eigenvalue weighted by Crippen LogP contribution is 2.31. The minimum atomic E-state index is -0.999. The summed E-state index contributed by atoms with van der Waals surface area (Å²) in [6.45, 7) is 0.221. The average molecular weight is 382 g/mol. The first-order valence-corrected chi connectivity index (χ1v) is 8.97. The number of aliphatic hydroxyl groups is 3. The van der Waals surface area contributed by atoms with Gasteiger partial charge >= 0.3 is 0 Å². The molecule has 6 heteroatoms. The number of benzene rings is 2. The molecule has 0 spiro atoms. The molecule has 1 aliphatic heterocycles. The second-order valence-corrected chi connectivity index (χ2v) is 7.22. The predicted octanol–water partition coefficient (Wildman–Crippen LogP) is 2.50. The number of hydrogen-bond acceptors (Lipinski definition) is 4. The van der Waals surface area contributed by atoms with Crippen LogP contribution in [-0.2, 0) is 13.0 Å². The molecule has 134 valence electrons. The number of aliphatic hydroxyl groups excluding tert-OH is 3. The van der Waals surface area contributed by atoms with Crippen molar-refractivity contribution in [2.24, 2.45) is 0 Å². The Morgan fingerprint density at radius 1 is 0.840 bits per heavy atom. The third kappa shape index (κ3) is 4.00. The van der Waals surface area contributed by atoms with Crippen LogP contribution in [0, 0.1) is 0 Å². The molecule has 1 heterocycles. The van der Waals surface area contributed by atoms with E-state index in [1.165, 1.54) is 0 Å². The van der Waals surface area contributed by atoms with Crippen LogP contribution >= 0.6 is 23.2 Å². The van der Waals surface area contributed by atoms with Gasteiger partial charge in [-0.05, 0) is 29.7 Å². The molecule has 2 aromatic rings. The quantitative estimate of drug-likeness (QED) is 0.744. The van der Waals surface area contributed by atoms with Gasteiger partial charge in [-0.25, -0.2) is 0 Å². The van der Waals surface area contributed by atoms with Crippen LogP contribution in [-0.4, -0.2) is 51.1 Å². The molecular weight excluding hydrogens is 361 g/mol. The lowest BCUT2D eigenvalue weighted by Crippen LogP contribution is -2.41. The van der Waals surface area contributed by atoms with E-state index in [0.29, 0.717) is 23.0 Å². The Hall–Kier alpha value is -1.14. The minimum absolute atomic E-state index is 0.231. The smallest absolute Gasteiger partial charge is 0.0991 e. The van der Waals surface area contributed by atoms with Crippen molar-refractivity contribution in [1.29, 1.82) is 0 Å². The molecule has 0 saturated carbocycles. The topological polar surface area (TPSA) is 63.9 Å². The molecule has 25 heavy (non-hydrogen) atoms. The van der Waals surface area contributed by atoms with Crippen LogP contribution in [0.4, 0.5) is 0 Å². The fraction of sp³-hybridized carbons (Fsp3) is 0.368. The Morgan fingerprint density at radius 2 is 1.52 bits per heavy atom. The van der Waals surface area contributed by atoms with E-state index in [2.05, 4.69) is 0 Å². The minimum Gasteiger partial charge on any atom is -0.395 e. The van der Waals surface area contributed by atoms with Crippen LogP contribution in [0.2, 0.25) is 10.0 Å². The summed E-state index contributed by atoms with van der Waals surface area (Å²) in [5.41, 5.74) is 1.98. The van der Waals surface area contributed by atoms with Crippen molar-refractivity contribution >= 4 is 23.2 Å². The molecule has 3 rings (SSSR count). The molecule has 4 atom stereocenters. The normalized spacial score (nSPS) is 26.9. The van der Waals surface area contributed by atoms with E-state index < -0.39 is 18.2 Å². The van der Waals surface area contributed by atoms with Crippen molar-refractivity contribution in [3.05, 3.63) is 69.7 Å². The van der Waals surface area contributed by atoms with Crippen molar-refractivity contribution in [2.45, 2.75) is 37.3 Å². The molecule has 4 nitrogen and oxygen atoms in total. The summed E-state index contributed by atoms with van der Waals surface area (Å²) < 4.78 is 0. The second kappa shape index (κ2) is 8.04. The van der Waals surface area contributed by atoms with Crippen molar-refractivity contribution in [3.8, 4) is 0 Å². The molecule has 0 unspecified atom stereocenters. The fourth-order valence-corrected chi connectivity index (χ4v) is 3.80. The Kier molecular flexibility index (Phi) is 6.00. The third-order valence-corrected chi connectivity index (χ3v) is 5.55. The maximum absolute atomic E-state index is 10.5. The summed E-state index contributed by atoms with van der Waals surface area (Å²) in [7, 11) is 0. The van der Waals surface area contributed by atoms with Gasteiger partial charge in [-0.15, -0.1) is 0 Å². The second-order valence-electron chi connectivity index (χ2n) is 6.41. The van der Waals surface area contributed by atoms with Crippen molar-refractivity contribution in [2.75, 3.05) is 6.61 Å². The summed E-state index contributed by atoms with van der Waals surface area (Å²) >= 11 is 12.1. The van der Waals surface area contributed by atoms with Crippen LogP contribution in [0.1, 0.15) is 11.1 Å². The van der Waals surface area contributed by atoms with E-state index in [9.17, 15) is 15.3 Å². The van der Waals surface area contributed by atoms with E-state index in [1.807, 2.05) is 41.3 Å². The van der Waals surface area contributed by atoms with Crippen LogP contribution in [0.15, 0.2) is 48.5 Å². The molecular formula is C19H21Cl2NO3. The first kappa shape index (κ1) is 18.6. The number of rotatable bonds is 5. The molecule has 1 aliphatic rings. The van der Waals surface area contributed by atoms with Gasteiger partial charge in [-0.2, -0.15) is 0 Å². The third-order valence-electron chi connectivity index (χ3n) is 4.81. The Labute approximate surface area is 157 Å². The Morgan fingerprint density at radius 3 is 2.16 bits per heavy atom. The van der Waals surface area contributed by atoms with Crippen molar-refractivity contribution < 1.29 is 15.3 Å². The van der Waals surface area contributed by atoms with Crippen LogP contribution in [0.3, 0.4) is 0 Å². The SMILES string of the molecule is OC[C@@H]1[C@@H](O)[C@@H](O)[C@H](Cc2ccccc2)N1Cc1ccc(Cl)c(Cl)c1. The first-order valence-electron chi connectivity index (χ1n) is 8.22. The van der Waals surface area contributed by atoms with E-state index in [-0.39, 0.29) is 12.6 Å². The monoisotopic (exact) mass is 381 g/mol. The van der Waals surface area contributed by atoms with Gasteiger partial charge in [-0.3, -0.25) is 4.90 Å². The van der Waals surface area contributed by atoms with Crippen molar-refractivity contribution in [3.63, 3.8) is 0 Å². The van der Waals surface area contributed by atoms with Gasteiger partial charge in [0.15, 0.2) is 0 Å². The van der Waals surface area contributed by atoms with Crippen LogP contribution in [0.5, 0.6) is 0 Å². The highest BCUT2D eigenvalue weighted by atomic mass is 35.5. The zero-order chi connectivity index (χ0) is 18.0. The molecule has 1 fully saturated rings. The summed E-state index contributed by atoms with van der Waals surface area (Å²) in [5.74, 6) is 0. The molecule has 0 aromatic heterocycles. The van der Waals surface area contributed by atoms with Gasteiger partial charge in [0.05, 0.1) is 34.9 Å². The van der Waals surface area contributed by atoms with Crippen LogP contribution < -0.4 is 0 Å². The van der Waals surface area contributed by atoms with Gasteiger partial charge in [0.1, 0.15) is 0 Å². The van der Waals surface area contributed by atoms with Gasteiger partial charge in [-0.1, -0.05) is 59.6 Å². The number of likely N-dealkylation sites (tertiary alicyclic amines) is 1. The van der Waals surface area contributed by atoms with Gasteiger partial charge in [0, 0.05) is 12.6 Å². The van der Waals surface area contributed by atoms with Gasteiger partial charge < -0.3 is 15.3 Å². The highest BCUT2D eigenvalue weighted by molar-refractivity contribution is 6.42. The molecule has 3 N–H and O–H groups in total. The molecule has 0 bridgehead atoms. The average Bonchev–Trinajstić information content (AvgIpc) is 2.83. The number of halogens is 2. The number of hydrogen-bond donors (Lipinski definition) is 3. The lowest BCUT2D eigenvalue weighted by molar-refractivity contribution is 0.0178. The summed E-state index contributed by atoms with van der Waals surface area (Å²) in [5, 5.41) is 31.5. The summed E-state index contributed by atoms with van der Waals surface area (Å²) in [6.07, 6.45) is -1.35. The Bertz CT molecular complexity index is 713. The van der Waals surface area contributed by atoms with E-state index in [1.54, 1.807) is 12.1 Å². The lowest BCUT2D eigenvalue weighted by atomic mass is 10.0. The number of nitrogens with zero attached hydrogens (tertiary/aromatic N) is 1. The first-order chi connectivity index (χ1) is 12.0. The predicted molar refractivity (Wildman–Crippen MR) is 98.8 cm³/mol. The molecule has 1 saturated heterocycles. The highest BCUT2D eigenvalue weighted by Gasteiger charge is 2.46. The van der Waals surface area contributed by atoms with E-state index in [0.717, 1.165) is 11.1 Å². The molecule has 0 amide bonds. The van der Waals surface area contributed by atoms with Gasteiger partial charge in [0.2, 0.25) is 0 Å². The fourth-order valence-electron chi connectivity index (χ4n) is 3.48. The molecule has 0 aliphatic carbocycles. The summed E-state index contributed by atoms with van der Waals surface area (Å²) in [6, 6.07) is 14.3. The van der Waals surface area contributed by atoms with E-state index >= 15 is 0 Å². The largest absolute Gasteiger partial charge is 0.395 e. The molecule has 2 aromatic carbocycles. The standard InChI is InChI=1S/C19H21Cl2NO3/c20-14-7-6-13(8-15(14)21)10-22-16(9-12-4-2-1-3-5-12)18(24)19(25)17(22)11-23/h1-8,16-19,23-25H,9-11H2/t16-,17+,18-,19+/m0/s1. The van der Waals surface area contributed by atoms with Crippen LogP contribution in [0.25, 0.3) is 0 Å².